The van der Waals surface area contributed by atoms with Crippen LogP contribution in [0.3, 0.4) is 0 Å². The van der Waals surface area contributed by atoms with E-state index >= 15 is 0 Å². The Morgan fingerprint density at radius 2 is 1.72 bits per heavy atom. The van der Waals surface area contributed by atoms with Crippen LogP contribution in [0.2, 0.25) is 0 Å². The SMILES string of the molecule is NC(=O)CCN(Cc1ccccc1)C(=S)NC(=O)c1ccccc1Br. The first-order chi connectivity index (χ1) is 12.0. The van der Waals surface area contributed by atoms with Crippen LogP contribution in [0, 0.1) is 0 Å². The van der Waals surface area contributed by atoms with Gasteiger partial charge in [-0.2, -0.15) is 0 Å². The molecule has 0 atom stereocenters. The van der Waals surface area contributed by atoms with Gasteiger partial charge in [0.1, 0.15) is 0 Å². The number of nitrogens with one attached hydrogen (secondary N) is 1. The summed E-state index contributed by atoms with van der Waals surface area (Å²) in [4.78, 5) is 25.3. The smallest absolute Gasteiger partial charge is 0.258 e. The minimum atomic E-state index is -0.419. The van der Waals surface area contributed by atoms with Crippen molar-refractivity contribution in [2.75, 3.05) is 6.54 Å². The fraction of sp³-hybridized carbons (Fsp3) is 0.167. The summed E-state index contributed by atoms with van der Waals surface area (Å²) < 4.78 is 0.682. The molecular formula is C18H18BrN3O2S. The third kappa shape index (κ3) is 5.95. The minimum Gasteiger partial charge on any atom is -0.370 e. The van der Waals surface area contributed by atoms with Crippen LogP contribution in [0.4, 0.5) is 0 Å². The van der Waals surface area contributed by atoms with Crippen molar-refractivity contribution in [3.8, 4) is 0 Å². The van der Waals surface area contributed by atoms with Crippen LogP contribution in [0.1, 0.15) is 22.3 Å². The summed E-state index contributed by atoms with van der Waals surface area (Å²) >= 11 is 8.72. The van der Waals surface area contributed by atoms with Gasteiger partial charge in [-0.05, 0) is 45.8 Å². The highest BCUT2D eigenvalue weighted by molar-refractivity contribution is 9.10. The third-order valence-corrected chi connectivity index (χ3v) is 4.52. The fourth-order valence-electron chi connectivity index (χ4n) is 2.19. The number of hydrogen-bond donors (Lipinski definition) is 2. The summed E-state index contributed by atoms with van der Waals surface area (Å²) in [6.07, 6.45) is 0.151. The molecule has 0 bridgehead atoms. The zero-order chi connectivity index (χ0) is 18.2. The maximum Gasteiger partial charge on any atom is 0.258 e. The highest BCUT2D eigenvalue weighted by Crippen LogP contribution is 2.15. The number of nitrogens with two attached hydrogens (primary N) is 1. The number of primary amides is 1. The van der Waals surface area contributed by atoms with Crippen molar-refractivity contribution in [3.05, 3.63) is 70.2 Å². The second kappa shape index (κ2) is 9.29. The first-order valence-corrected chi connectivity index (χ1v) is 8.84. The van der Waals surface area contributed by atoms with Crippen LogP contribution in [-0.2, 0) is 11.3 Å². The molecule has 0 aliphatic heterocycles. The van der Waals surface area contributed by atoms with Crippen LogP contribution >= 0.6 is 28.1 Å². The summed E-state index contributed by atoms with van der Waals surface area (Å²) in [5.41, 5.74) is 6.75. The van der Waals surface area contributed by atoms with Gasteiger partial charge in [0.2, 0.25) is 5.91 Å². The van der Waals surface area contributed by atoms with Crippen molar-refractivity contribution in [1.82, 2.24) is 10.2 Å². The number of rotatable bonds is 6. The molecule has 7 heteroatoms. The average Bonchev–Trinajstić information content (AvgIpc) is 2.59. The quantitative estimate of drug-likeness (QED) is 0.705. The fourth-order valence-corrected chi connectivity index (χ4v) is 2.90. The molecule has 0 fully saturated rings. The second-order valence-electron chi connectivity index (χ2n) is 5.36. The number of thiocarbonyl (C=S) groups is 1. The molecule has 0 aliphatic carbocycles. The van der Waals surface area contributed by atoms with Gasteiger partial charge < -0.3 is 10.6 Å². The second-order valence-corrected chi connectivity index (χ2v) is 6.60. The van der Waals surface area contributed by atoms with Crippen LogP contribution < -0.4 is 11.1 Å². The third-order valence-electron chi connectivity index (χ3n) is 3.47. The van der Waals surface area contributed by atoms with Crippen LogP contribution in [-0.4, -0.2) is 28.4 Å². The molecule has 2 aromatic rings. The molecule has 2 rings (SSSR count). The molecule has 2 aromatic carbocycles. The van der Waals surface area contributed by atoms with E-state index in [2.05, 4.69) is 21.2 Å². The van der Waals surface area contributed by atoms with Gasteiger partial charge in [0, 0.05) is 24.0 Å². The number of hydrogen-bond acceptors (Lipinski definition) is 3. The van der Waals surface area contributed by atoms with Crippen LogP contribution in [0.25, 0.3) is 0 Å². The molecule has 5 nitrogen and oxygen atoms in total. The van der Waals surface area contributed by atoms with Gasteiger partial charge in [0.25, 0.3) is 5.91 Å². The Balaban J connectivity index is 2.09. The number of amides is 2. The first-order valence-electron chi connectivity index (χ1n) is 7.64. The lowest BCUT2D eigenvalue weighted by molar-refractivity contribution is -0.118. The van der Waals surface area contributed by atoms with E-state index in [0.717, 1.165) is 5.56 Å². The normalized spacial score (nSPS) is 10.1. The lowest BCUT2D eigenvalue weighted by atomic mass is 10.2. The molecule has 0 unspecified atom stereocenters. The Bertz CT molecular complexity index is 768. The molecule has 0 spiro atoms. The molecule has 0 aromatic heterocycles. The topological polar surface area (TPSA) is 75.4 Å². The summed E-state index contributed by atoms with van der Waals surface area (Å²) in [6, 6.07) is 16.8. The van der Waals surface area contributed by atoms with E-state index in [0.29, 0.717) is 23.1 Å². The van der Waals surface area contributed by atoms with Gasteiger partial charge in [0.05, 0.1) is 5.56 Å². The lowest BCUT2D eigenvalue weighted by Crippen LogP contribution is -2.43. The number of carbonyl (C=O) groups is 2. The van der Waals surface area contributed by atoms with Crippen molar-refractivity contribution in [1.29, 1.82) is 0 Å². The maximum absolute atomic E-state index is 12.4. The van der Waals surface area contributed by atoms with E-state index in [-0.39, 0.29) is 17.4 Å². The Hall–Kier alpha value is -2.25. The number of carbonyl (C=O) groups excluding carboxylic acids is 2. The van der Waals surface area contributed by atoms with Crippen molar-refractivity contribution in [2.45, 2.75) is 13.0 Å². The standard InChI is InChI=1S/C18H18BrN3O2S/c19-15-9-5-4-8-14(15)17(24)21-18(25)22(11-10-16(20)23)12-13-6-2-1-3-7-13/h1-9H,10-12H2,(H2,20,23)(H,21,24,25). The zero-order valence-electron chi connectivity index (χ0n) is 13.4. The van der Waals surface area contributed by atoms with Gasteiger partial charge in [-0.1, -0.05) is 42.5 Å². The van der Waals surface area contributed by atoms with Gasteiger partial charge in [-0.25, -0.2) is 0 Å². The molecule has 2 amide bonds. The zero-order valence-corrected chi connectivity index (χ0v) is 15.8. The number of benzene rings is 2. The van der Waals surface area contributed by atoms with E-state index in [9.17, 15) is 9.59 Å². The van der Waals surface area contributed by atoms with Gasteiger partial charge in [-0.3, -0.25) is 14.9 Å². The predicted molar refractivity (Wildman–Crippen MR) is 105 cm³/mol. The largest absolute Gasteiger partial charge is 0.370 e. The highest BCUT2D eigenvalue weighted by Gasteiger charge is 2.16. The maximum atomic E-state index is 12.4. The van der Waals surface area contributed by atoms with E-state index in [4.69, 9.17) is 18.0 Å². The Morgan fingerprint density at radius 3 is 2.36 bits per heavy atom. The van der Waals surface area contributed by atoms with Gasteiger partial charge in [-0.15, -0.1) is 0 Å². The highest BCUT2D eigenvalue weighted by atomic mass is 79.9. The van der Waals surface area contributed by atoms with Crippen LogP contribution in [0.5, 0.6) is 0 Å². The van der Waals surface area contributed by atoms with E-state index < -0.39 is 5.91 Å². The molecule has 0 heterocycles. The predicted octanol–water partition coefficient (Wildman–Crippen LogP) is 2.84. The van der Waals surface area contributed by atoms with Crippen molar-refractivity contribution in [2.24, 2.45) is 5.73 Å². The Labute approximate surface area is 160 Å². The molecule has 3 N–H and O–H groups in total. The van der Waals surface area contributed by atoms with E-state index in [1.54, 1.807) is 23.1 Å². The summed E-state index contributed by atoms with van der Waals surface area (Å²) in [6.45, 7) is 0.808. The monoisotopic (exact) mass is 419 g/mol. The molecule has 0 aliphatic rings. The van der Waals surface area contributed by atoms with Crippen molar-refractivity contribution >= 4 is 45.1 Å². The molecule has 0 radical (unpaired) electrons. The van der Waals surface area contributed by atoms with Crippen LogP contribution in [0.15, 0.2) is 59.1 Å². The summed E-state index contributed by atoms with van der Waals surface area (Å²) in [5.74, 6) is -0.729. The Kier molecular flexibility index (Phi) is 7.09. The van der Waals surface area contributed by atoms with Crippen molar-refractivity contribution in [3.63, 3.8) is 0 Å². The minimum absolute atomic E-state index is 0.151. The van der Waals surface area contributed by atoms with Gasteiger partial charge >= 0.3 is 0 Å². The summed E-state index contributed by atoms with van der Waals surface area (Å²) in [7, 11) is 0. The molecular weight excluding hydrogens is 402 g/mol. The van der Waals surface area contributed by atoms with E-state index in [1.165, 1.54) is 0 Å². The average molecular weight is 420 g/mol. The molecule has 25 heavy (non-hydrogen) atoms. The summed E-state index contributed by atoms with van der Waals surface area (Å²) in [5, 5.41) is 2.97. The molecule has 130 valence electrons. The first kappa shape index (κ1) is 19.1. The number of halogens is 1. The number of nitrogens with zero attached hydrogens (tertiary/aromatic N) is 1. The van der Waals surface area contributed by atoms with Crippen molar-refractivity contribution < 1.29 is 9.59 Å². The molecule has 0 saturated carbocycles. The Morgan fingerprint density at radius 1 is 1.08 bits per heavy atom. The van der Waals surface area contributed by atoms with E-state index in [1.807, 2.05) is 36.4 Å². The lowest BCUT2D eigenvalue weighted by Gasteiger charge is -2.25. The molecule has 0 saturated heterocycles. The van der Waals surface area contributed by atoms with Gasteiger partial charge in [0.15, 0.2) is 5.11 Å².